The molecule has 0 saturated heterocycles. The van der Waals surface area contributed by atoms with Crippen molar-refractivity contribution >= 4 is 15.9 Å². The topological polar surface area (TPSA) is 0 Å². The third-order valence-electron chi connectivity index (χ3n) is 1.50. The van der Waals surface area contributed by atoms with Crippen LogP contribution in [-0.2, 0) is 0 Å². The van der Waals surface area contributed by atoms with Crippen molar-refractivity contribution in [1.29, 1.82) is 0 Å². The molecule has 0 saturated carbocycles. The van der Waals surface area contributed by atoms with Crippen molar-refractivity contribution in [3.8, 4) is 11.8 Å². The summed E-state index contributed by atoms with van der Waals surface area (Å²) in [5, 5.41) is 0.570. The summed E-state index contributed by atoms with van der Waals surface area (Å²) < 4.78 is 13.1. The maximum Gasteiger partial charge on any atom is 0.139 e. The molecule has 0 aliphatic carbocycles. The standard InChI is InChI=1S/C10H8BrF/c1-8-4-2-6-10(12)9(8)5-3-7-11/h2,4,6H,7H2,1H3. The molecule has 0 nitrogen and oxygen atoms in total. The van der Waals surface area contributed by atoms with E-state index in [1.54, 1.807) is 6.07 Å². The Morgan fingerprint density at radius 3 is 2.83 bits per heavy atom. The lowest BCUT2D eigenvalue weighted by Crippen LogP contribution is -1.87. The first-order chi connectivity index (χ1) is 5.75. The van der Waals surface area contributed by atoms with E-state index in [0.29, 0.717) is 10.9 Å². The molecular formula is C10H8BrF. The minimum atomic E-state index is -0.247. The van der Waals surface area contributed by atoms with E-state index in [0.717, 1.165) is 5.56 Å². The van der Waals surface area contributed by atoms with Gasteiger partial charge in [-0.3, -0.25) is 0 Å². The van der Waals surface area contributed by atoms with Gasteiger partial charge in [-0.2, -0.15) is 0 Å². The van der Waals surface area contributed by atoms with Gasteiger partial charge in [0.1, 0.15) is 5.82 Å². The van der Waals surface area contributed by atoms with Crippen LogP contribution in [0.5, 0.6) is 0 Å². The lowest BCUT2D eigenvalue weighted by Gasteiger charge is -1.97. The Morgan fingerprint density at radius 2 is 2.25 bits per heavy atom. The first-order valence-corrected chi connectivity index (χ1v) is 4.68. The number of hydrogen-bond donors (Lipinski definition) is 0. The molecule has 12 heavy (non-hydrogen) atoms. The van der Waals surface area contributed by atoms with Crippen LogP contribution < -0.4 is 0 Å². The summed E-state index contributed by atoms with van der Waals surface area (Å²) in [6.07, 6.45) is 0. The zero-order valence-electron chi connectivity index (χ0n) is 6.70. The molecule has 0 aromatic heterocycles. The minimum absolute atomic E-state index is 0.247. The predicted octanol–water partition coefficient (Wildman–Crippen LogP) is 2.88. The van der Waals surface area contributed by atoms with Crippen LogP contribution >= 0.6 is 15.9 Å². The van der Waals surface area contributed by atoms with E-state index in [2.05, 4.69) is 27.8 Å². The number of rotatable bonds is 0. The first-order valence-electron chi connectivity index (χ1n) is 3.55. The molecule has 1 aromatic carbocycles. The molecule has 0 fully saturated rings. The number of hydrogen-bond acceptors (Lipinski definition) is 0. The van der Waals surface area contributed by atoms with Gasteiger partial charge in [-0.25, -0.2) is 4.39 Å². The van der Waals surface area contributed by atoms with Gasteiger partial charge in [-0.05, 0) is 18.6 Å². The number of aryl methyl sites for hydroxylation is 1. The second-order valence-electron chi connectivity index (χ2n) is 2.37. The van der Waals surface area contributed by atoms with E-state index in [-0.39, 0.29) is 5.82 Å². The number of benzene rings is 1. The van der Waals surface area contributed by atoms with Gasteiger partial charge in [0, 0.05) is 0 Å². The molecule has 1 rings (SSSR count). The van der Waals surface area contributed by atoms with Crippen molar-refractivity contribution in [3.63, 3.8) is 0 Å². The highest BCUT2D eigenvalue weighted by Crippen LogP contribution is 2.10. The minimum Gasteiger partial charge on any atom is -0.206 e. The van der Waals surface area contributed by atoms with Crippen LogP contribution in [0.15, 0.2) is 18.2 Å². The van der Waals surface area contributed by atoms with Crippen LogP contribution in [0.3, 0.4) is 0 Å². The summed E-state index contributed by atoms with van der Waals surface area (Å²) >= 11 is 3.16. The van der Waals surface area contributed by atoms with Gasteiger partial charge in [-0.1, -0.05) is 39.9 Å². The van der Waals surface area contributed by atoms with Crippen LogP contribution in [0.4, 0.5) is 4.39 Å². The van der Waals surface area contributed by atoms with Crippen molar-refractivity contribution in [3.05, 3.63) is 35.1 Å². The van der Waals surface area contributed by atoms with E-state index in [9.17, 15) is 4.39 Å². The van der Waals surface area contributed by atoms with Crippen LogP contribution in [0, 0.1) is 24.6 Å². The van der Waals surface area contributed by atoms with E-state index >= 15 is 0 Å². The van der Waals surface area contributed by atoms with Crippen LogP contribution in [0.2, 0.25) is 0 Å². The molecule has 1 aromatic rings. The van der Waals surface area contributed by atoms with Gasteiger partial charge in [0.2, 0.25) is 0 Å². The van der Waals surface area contributed by atoms with Gasteiger partial charge in [0.25, 0.3) is 0 Å². The Kier molecular flexibility index (Phi) is 3.31. The Balaban J connectivity index is 3.13. The highest BCUT2D eigenvalue weighted by Gasteiger charge is 1.99. The summed E-state index contributed by atoms with van der Waals surface area (Å²) in [7, 11) is 0. The molecule has 0 amide bonds. The second kappa shape index (κ2) is 4.27. The monoisotopic (exact) mass is 226 g/mol. The zero-order chi connectivity index (χ0) is 8.97. The Hall–Kier alpha value is -0.810. The van der Waals surface area contributed by atoms with Crippen molar-refractivity contribution in [2.75, 3.05) is 5.33 Å². The van der Waals surface area contributed by atoms with Gasteiger partial charge in [0.05, 0.1) is 10.9 Å². The lowest BCUT2D eigenvalue weighted by atomic mass is 10.1. The maximum absolute atomic E-state index is 13.1. The SMILES string of the molecule is Cc1cccc(F)c1C#CCBr. The second-order valence-corrected chi connectivity index (χ2v) is 2.93. The summed E-state index contributed by atoms with van der Waals surface area (Å²) in [6, 6.07) is 4.95. The van der Waals surface area contributed by atoms with Gasteiger partial charge in [0.15, 0.2) is 0 Å². The van der Waals surface area contributed by atoms with Crippen molar-refractivity contribution < 1.29 is 4.39 Å². The van der Waals surface area contributed by atoms with Gasteiger partial charge < -0.3 is 0 Å². The molecule has 0 radical (unpaired) electrons. The molecule has 0 N–H and O–H groups in total. The normalized spacial score (nSPS) is 8.92. The van der Waals surface area contributed by atoms with Gasteiger partial charge in [-0.15, -0.1) is 0 Å². The molecule has 0 aliphatic heterocycles. The van der Waals surface area contributed by atoms with Crippen LogP contribution in [-0.4, -0.2) is 5.33 Å². The van der Waals surface area contributed by atoms with Crippen molar-refractivity contribution in [1.82, 2.24) is 0 Å². The van der Waals surface area contributed by atoms with E-state index < -0.39 is 0 Å². The molecule has 0 heterocycles. The maximum atomic E-state index is 13.1. The molecule has 0 spiro atoms. The van der Waals surface area contributed by atoms with Crippen LogP contribution in [0.25, 0.3) is 0 Å². The molecule has 0 bridgehead atoms. The molecule has 2 heteroatoms. The quantitative estimate of drug-likeness (QED) is 0.472. The Morgan fingerprint density at radius 1 is 1.50 bits per heavy atom. The smallest absolute Gasteiger partial charge is 0.139 e. The fourth-order valence-electron chi connectivity index (χ4n) is 0.912. The molecule has 62 valence electrons. The first kappa shape index (κ1) is 9.28. The summed E-state index contributed by atoms with van der Waals surface area (Å²) in [4.78, 5) is 0. The molecule has 0 atom stereocenters. The van der Waals surface area contributed by atoms with Crippen LogP contribution in [0.1, 0.15) is 11.1 Å². The molecule has 0 unspecified atom stereocenters. The third-order valence-corrected chi connectivity index (χ3v) is 1.78. The average Bonchev–Trinajstić information content (AvgIpc) is 2.04. The molecular weight excluding hydrogens is 219 g/mol. The van der Waals surface area contributed by atoms with Crippen molar-refractivity contribution in [2.45, 2.75) is 6.92 Å². The van der Waals surface area contributed by atoms with E-state index in [4.69, 9.17) is 0 Å². The summed E-state index contributed by atoms with van der Waals surface area (Å²) in [5.74, 6) is 5.29. The largest absolute Gasteiger partial charge is 0.206 e. The summed E-state index contributed by atoms with van der Waals surface area (Å²) in [5.41, 5.74) is 1.38. The van der Waals surface area contributed by atoms with Crippen molar-refractivity contribution in [2.24, 2.45) is 0 Å². The van der Waals surface area contributed by atoms with E-state index in [1.165, 1.54) is 6.07 Å². The predicted molar refractivity (Wildman–Crippen MR) is 51.8 cm³/mol. The third kappa shape index (κ3) is 2.09. The number of halogens is 2. The lowest BCUT2D eigenvalue weighted by molar-refractivity contribution is 0.623. The Labute approximate surface area is 79.9 Å². The van der Waals surface area contributed by atoms with Gasteiger partial charge >= 0.3 is 0 Å². The Bertz CT molecular complexity index is 313. The zero-order valence-corrected chi connectivity index (χ0v) is 8.28. The average molecular weight is 227 g/mol. The molecule has 0 aliphatic rings. The highest BCUT2D eigenvalue weighted by molar-refractivity contribution is 9.09. The fourth-order valence-corrected chi connectivity index (χ4v) is 1.05. The van der Waals surface area contributed by atoms with E-state index in [1.807, 2.05) is 13.0 Å². The highest BCUT2D eigenvalue weighted by atomic mass is 79.9. The number of alkyl halides is 1. The fraction of sp³-hybridized carbons (Fsp3) is 0.200. The summed E-state index contributed by atoms with van der Waals surface area (Å²) in [6.45, 7) is 1.85.